The monoisotopic (exact) mass is 597 g/mol. The van der Waals surface area contributed by atoms with Gasteiger partial charge in [0.2, 0.25) is 0 Å². The summed E-state index contributed by atoms with van der Waals surface area (Å²) < 4.78 is 36.1. The van der Waals surface area contributed by atoms with E-state index in [1.54, 1.807) is 31.3 Å². The molecular weight excluding hydrogens is 579 g/mol. The lowest BCUT2D eigenvalue weighted by molar-refractivity contribution is 0.440. The average molecular weight is 597 g/mol. The fourth-order valence-corrected chi connectivity index (χ4v) is 4.26. The second-order valence-electron chi connectivity index (χ2n) is 7.91. The molecule has 5 aromatic rings. The molecule has 0 radical (unpaired) electrons. The SMILES string of the molecule is Cc1cc2ccnc(Nc3ccc(Oc4ccnc(N)c4I)c(F)c3)c2c(=O)n1-c1ccc(F)cc1. The van der Waals surface area contributed by atoms with Crippen molar-refractivity contribution in [1.82, 2.24) is 14.5 Å². The number of nitrogen functional groups attached to an aromatic ring is 1. The van der Waals surface area contributed by atoms with Crippen LogP contribution >= 0.6 is 22.6 Å². The number of nitrogens with one attached hydrogen (secondary N) is 1. The highest BCUT2D eigenvalue weighted by Gasteiger charge is 2.15. The van der Waals surface area contributed by atoms with Gasteiger partial charge in [0, 0.05) is 41.6 Å². The molecule has 3 heterocycles. The largest absolute Gasteiger partial charge is 0.453 e. The van der Waals surface area contributed by atoms with Crippen LogP contribution in [0.2, 0.25) is 0 Å². The Kier molecular flexibility index (Phi) is 6.27. The summed E-state index contributed by atoms with van der Waals surface area (Å²) in [5.74, 6) is -0.0792. The fourth-order valence-electron chi connectivity index (χ4n) is 3.83. The standard InChI is InChI=1S/C26H18F2IN5O2/c1-14-12-15-8-10-32-25(22(15)26(35)34(14)18-5-2-16(27)3-6-18)33-17-4-7-20(19(28)13-17)36-21-9-11-31-24(30)23(21)29/h2-13H,1H3,(H2,30,31)(H,32,33). The Bertz CT molecular complexity index is 1670. The normalized spacial score (nSPS) is 11.0. The molecule has 0 saturated carbocycles. The number of benzene rings is 2. The van der Waals surface area contributed by atoms with Crippen LogP contribution in [0.5, 0.6) is 11.5 Å². The lowest BCUT2D eigenvalue weighted by Gasteiger charge is -2.15. The molecule has 3 aromatic heterocycles. The Balaban J connectivity index is 1.52. The summed E-state index contributed by atoms with van der Waals surface area (Å²) in [6.45, 7) is 1.80. The van der Waals surface area contributed by atoms with Gasteiger partial charge in [-0.15, -0.1) is 0 Å². The molecule has 0 aliphatic heterocycles. The van der Waals surface area contributed by atoms with Gasteiger partial charge >= 0.3 is 0 Å². The lowest BCUT2D eigenvalue weighted by Crippen LogP contribution is -2.21. The van der Waals surface area contributed by atoms with Crippen molar-refractivity contribution >= 4 is 50.7 Å². The molecule has 5 rings (SSSR count). The van der Waals surface area contributed by atoms with Crippen molar-refractivity contribution in [3.05, 3.63) is 104 Å². The zero-order valence-corrected chi connectivity index (χ0v) is 21.0. The lowest BCUT2D eigenvalue weighted by atomic mass is 10.1. The maximum atomic E-state index is 14.9. The van der Waals surface area contributed by atoms with Crippen molar-refractivity contribution in [3.63, 3.8) is 0 Å². The van der Waals surface area contributed by atoms with E-state index in [9.17, 15) is 13.6 Å². The molecule has 0 atom stereocenters. The molecule has 36 heavy (non-hydrogen) atoms. The second-order valence-corrected chi connectivity index (χ2v) is 8.99. The van der Waals surface area contributed by atoms with Crippen LogP contribution in [0.3, 0.4) is 0 Å². The Labute approximate surface area is 217 Å². The number of hydrogen-bond donors (Lipinski definition) is 2. The fraction of sp³-hybridized carbons (Fsp3) is 0.0385. The first-order chi connectivity index (χ1) is 17.3. The maximum Gasteiger partial charge on any atom is 0.266 e. The molecule has 3 N–H and O–H groups in total. The van der Waals surface area contributed by atoms with E-state index in [0.29, 0.717) is 37.2 Å². The van der Waals surface area contributed by atoms with Crippen molar-refractivity contribution < 1.29 is 13.5 Å². The second kappa shape index (κ2) is 9.53. The number of anilines is 3. The van der Waals surface area contributed by atoms with E-state index in [1.165, 1.54) is 47.2 Å². The van der Waals surface area contributed by atoms with Gasteiger partial charge < -0.3 is 15.8 Å². The molecule has 180 valence electrons. The van der Waals surface area contributed by atoms with Gasteiger partial charge in [-0.05, 0) is 83.4 Å². The average Bonchev–Trinajstić information content (AvgIpc) is 2.84. The molecule has 10 heteroatoms. The van der Waals surface area contributed by atoms with Crippen LogP contribution in [-0.4, -0.2) is 14.5 Å². The predicted molar refractivity (Wildman–Crippen MR) is 143 cm³/mol. The van der Waals surface area contributed by atoms with E-state index in [-0.39, 0.29) is 22.9 Å². The third-order valence-corrected chi connectivity index (χ3v) is 6.58. The van der Waals surface area contributed by atoms with Gasteiger partial charge in [-0.2, -0.15) is 0 Å². The summed E-state index contributed by atoms with van der Waals surface area (Å²) in [6.07, 6.45) is 3.04. The van der Waals surface area contributed by atoms with E-state index in [1.807, 2.05) is 28.7 Å². The summed E-state index contributed by atoms with van der Waals surface area (Å²) in [5.41, 5.74) is 7.03. The van der Waals surface area contributed by atoms with Crippen LogP contribution in [0.1, 0.15) is 5.69 Å². The molecule has 2 aromatic carbocycles. The number of aryl methyl sites for hydroxylation is 1. The molecule has 0 amide bonds. The van der Waals surface area contributed by atoms with Gasteiger partial charge in [-0.1, -0.05) is 0 Å². The third-order valence-electron chi connectivity index (χ3n) is 5.50. The highest BCUT2D eigenvalue weighted by molar-refractivity contribution is 14.1. The minimum absolute atomic E-state index is 0.00392. The number of pyridine rings is 3. The van der Waals surface area contributed by atoms with Crippen LogP contribution in [-0.2, 0) is 0 Å². The van der Waals surface area contributed by atoms with Gasteiger partial charge in [0.25, 0.3) is 5.56 Å². The van der Waals surface area contributed by atoms with E-state index in [4.69, 9.17) is 10.5 Å². The number of ether oxygens (including phenoxy) is 1. The van der Waals surface area contributed by atoms with Crippen molar-refractivity contribution in [3.8, 4) is 17.2 Å². The van der Waals surface area contributed by atoms with Crippen LogP contribution in [0, 0.1) is 22.1 Å². The van der Waals surface area contributed by atoms with Crippen LogP contribution < -0.4 is 21.3 Å². The molecule has 0 spiro atoms. The maximum absolute atomic E-state index is 14.9. The predicted octanol–water partition coefficient (Wildman–Crippen LogP) is 6.09. The molecule has 0 fully saturated rings. The molecule has 0 aliphatic rings. The van der Waals surface area contributed by atoms with Crippen molar-refractivity contribution in [2.45, 2.75) is 6.92 Å². The number of fused-ring (bicyclic) bond motifs is 1. The van der Waals surface area contributed by atoms with Gasteiger partial charge in [-0.3, -0.25) is 9.36 Å². The minimum atomic E-state index is -0.619. The quantitative estimate of drug-likeness (QED) is 0.238. The van der Waals surface area contributed by atoms with Crippen LogP contribution in [0.15, 0.2) is 77.9 Å². The van der Waals surface area contributed by atoms with Crippen molar-refractivity contribution in [2.24, 2.45) is 0 Å². The number of nitrogens with zero attached hydrogens (tertiary/aromatic N) is 3. The highest BCUT2D eigenvalue weighted by Crippen LogP contribution is 2.32. The number of halogens is 3. The van der Waals surface area contributed by atoms with Gasteiger partial charge in [0.1, 0.15) is 23.2 Å². The van der Waals surface area contributed by atoms with Gasteiger partial charge in [0.15, 0.2) is 11.6 Å². The van der Waals surface area contributed by atoms with E-state index < -0.39 is 11.6 Å². The first kappa shape index (κ1) is 23.7. The summed E-state index contributed by atoms with van der Waals surface area (Å²) >= 11 is 1.98. The summed E-state index contributed by atoms with van der Waals surface area (Å²) in [5, 5.41) is 4.02. The first-order valence-corrected chi connectivity index (χ1v) is 11.8. The number of hydrogen-bond acceptors (Lipinski definition) is 6. The molecular formula is C26H18F2IN5O2. The Hall–Kier alpha value is -4.06. The topological polar surface area (TPSA) is 95.1 Å². The number of nitrogens with two attached hydrogens (primary N) is 1. The van der Waals surface area contributed by atoms with Gasteiger partial charge in [-0.25, -0.2) is 18.7 Å². The van der Waals surface area contributed by atoms with E-state index in [2.05, 4.69) is 15.3 Å². The Morgan fingerprint density at radius 2 is 1.72 bits per heavy atom. The van der Waals surface area contributed by atoms with Crippen molar-refractivity contribution in [1.29, 1.82) is 0 Å². The van der Waals surface area contributed by atoms with E-state index >= 15 is 0 Å². The summed E-state index contributed by atoms with van der Waals surface area (Å²) in [7, 11) is 0. The van der Waals surface area contributed by atoms with Crippen LogP contribution in [0.25, 0.3) is 16.5 Å². The molecule has 0 saturated heterocycles. The first-order valence-electron chi connectivity index (χ1n) is 10.7. The van der Waals surface area contributed by atoms with Gasteiger partial charge in [0.05, 0.1) is 8.96 Å². The zero-order valence-electron chi connectivity index (χ0n) is 18.8. The van der Waals surface area contributed by atoms with Crippen LogP contribution in [0.4, 0.5) is 26.1 Å². The number of aromatic nitrogens is 3. The summed E-state index contributed by atoms with van der Waals surface area (Å²) in [4.78, 5) is 21.8. The zero-order chi connectivity index (χ0) is 25.4. The molecule has 0 bridgehead atoms. The van der Waals surface area contributed by atoms with E-state index in [0.717, 1.165) is 0 Å². The molecule has 0 aliphatic carbocycles. The minimum Gasteiger partial charge on any atom is -0.453 e. The molecule has 7 nitrogen and oxygen atoms in total. The Morgan fingerprint density at radius 3 is 2.47 bits per heavy atom. The smallest absolute Gasteiger partial charge is 0.266 e. The Morgan fingerprint density at radius 1 is 0.972 bits per heavy atom. The number of rotatable bonds is 5. The highest BCUT2D eigenvalue weighted by atomic mass is 127. The molecule has 0 unspecified atom stereocenters. The third kappa shape index (κ3) is 4.47. The van der Waals surface area contributed by atoms with Crippen molar-refractivity contribution in [2.75, 3.05) is 11.1 Å². The summed E-state index contributed by atoms with van der Waals surface area (Å²) in [6, 6.07) is 15.1.